The molecule has 9 N–H and O–H groups in total. The largest absolute Gasteiger partial charge is 0.470 e. The van der Waals surface area contributed by atoms with Crippen molar-refractivity contribution in [1.29, 1.82) is 0 Å². The van der Waals surface area contributed by atoms with Crippen molar-refractivity contribution in [2.45, 2.75) is 69.6 Å². The van der Waals surface area contributed by atoms with Gasteiger partial charge in [-0.15, -0.1) is 0 Å². The monoisotopic (exact) mass is 875 g/mol. The van der Waals surface area contributed by atoms with Crippen molar-refractivity contribution < 1.29 is 57.0 Å². The van der Waals surface area contributed by atoms with Crippen LogP contribution >= 0.6 is 15.6 Å². The fraction of sp³-hybridized carbons (Fsp3) is 0.486. The number of unbranched alkanes of at least 4 members (excludes halogenated alkanes) is 3. The fourth-order valence-electron chi connectivity index (χ4n) is 7.21. The first-order valence-electron chi connectivity index (χ1n) is 19.4. The van der Waals surface area contributed by atoms with Crippen LogP contribution in [0.5, 0.6) is 0 Å². The first-order valence-corrected chi connectivity index (χ1v) is 22.5. The van der Waals surface area contributed by atoms with Gasteiger partial charge in [-0.05, 0) is 43.2 Å². The van der Waals surface area contributed by atoms with Gasteiger partial charge >= 0.3 is 15.6 Å². The van der Waals surface area contributed by atoms with Gasteiger partial charge in [0.1, 0.15) is 31.2 Å². The molecule has 5 aromatic rings. The Morgan fingerprint density at radius 3 is 2.13 bits per heavy atom. The van der Waals surface area contributed by atoms with Gasteiger partial charge in [-0.25, -0.2) is 24.1 Å². The molecule has 60 heavy (non-hydrogen) atoms. The number of phosphoric ester groups is 2. The molecular weight excluding hydrogens is 822 g/mol. The number of aliphatic hydroxyl groups excluding tert-OH is 1. The Labute approximate surface area is 346 Å². The van der Waals surface area contributed by atoms with Crippen LogP contribution in [-0.4, -0.2) is 116 Å². The maximum atomic E-state index is 12.9. The summed E-state index contributed by atoms with van der Waals surface area (Å²) in [6.07, 6.45) is -1.25. The lowest BCUT2D eigenvalue weighted by molar-refractivity contribution is -0.645. The van der Waals surface area contributed by atoms with Crippen molar-refractivity contribution in [3.05, 3.63) is 48.8 Å². The third-order valence-electron chi connectivity index (χ3n) is 10.2. The molecule has 1 aliphatic rings. The second kappa shape index (κ2) is 19.0. The number of aryl methyl sites for hydroxylation is 1. The molecule has 0 bridgehead atoms. The number of nitrogens with two attached hydrogens (primary N) is 1. The maximum Gasteiger partial charge on any atom is 0.470 e. The summed E-state index contributed by atoms with van der Waals surface area (Å²) in [5.74, 6) is 0.135. The summed E-state index contributed by atoms with van der Waals surface area (Å²) >= 11 is 0. The van der Waals surface area contributed by atoms with E-state index in [1.54, 1.807) is 0 Å². The highest BCUT2D eigenvalue weighted by molar-refractivity contribution is 7.46. The number of benzene rings is 2. The summed E-state index contributed by atoms with van der Waals surface area (Å²) in [6.45, 7) is 0.733. The van der Waals surface area contributed by atoms with Gasteiger partial charge in [-0.1, -0.05) is 12.8 Å². The molecule has 1 fully saturated rings. The van der Waals surface area contributed by atoms with Crippen LogP contribution in [0.3, 0.4) is 0 Å². The number of aliphatic hydroxyl groups is 1. The molecule has 0 saturated carbocycles. The van der Waals surface area contributed by atoms with Crippen molar-refractivity contribution in [2.24, 2.45) is 0 Å². The topological polar surface area (TPSA) is 284 Å². The second-order valence-electron chi connectivity index (χ2n) is 15.0. The third kappa shape index (κ3) is 11.0. The zero-order valence-electron chi connectivity index (χ0n) is 33.8. The summed E-state index contributed by atoms with van der Waals surface area (Å²) in [5.41, 5.74) is 10.7. The van der Waals surface area contributed by atoms with Gasteiger partial charge in [0.2, 0.25) is 22.9 Å². The SMILES string of the molecule is CN(C)c1ccc2cc3ccc(N(C)C)cc3[n+](CCCC(=O)NCCCCCCNc3nc4c(N)ncnc4n3[C@@H]3O[C@H](COP(=O)(O)O)[C@@H](OP(=O)(O)O)[C@H]3O)c2c1. The highest BCUT2D eigenvalue weighted by Gasteiger charge is 2.50. The summed E-state index contributed by atoms with van der Waals surface area (Å²) in [4.78, 5) is 67.0. The van der Waals surface area contributed by atoms with Gasteiger partial charge in [-0.2, -0.15) is 4.57 Å². The number of hydrogen-bond donors (Lipinski definition) is 8. The van der Waals surface area contributed by atoms with E-state index < -0.39 is 46.8 Å². The molecule has 6 rings (SSSR count). The Morgan fingerprint density at radius 1 is 0.900 bits per heavy atom. The van der Waals surface area contributed by atoms with Gasteiger partial charge in [0.15, 0.2) is 23.2 Å². The lowest BCUT2D eigenvalue weighted by Crippen LogP contribution is -2.37. The third-order valence-corrected chi connectivity index (χ3v) is 11.2. The number of imidazole rings is 1. The Hall–Kier alpha value is -4.53. The average molecular weight is 876 g/mol. The number of aromatic nitrogens is 5. The highest BCUT2D eigenvalue weighted by Crippen LogP contribution is 2.46. The van der Waals surface area contributed by atoms with Crippen LogP contribution < -0.4 is 30.7 Å². The molecule has 2 aromatic carbocycles. The average Bonchev–Trinajstić information content (AvgIpc) is 3.69. The van der Waals surface area contributed by atoms with Gasteiger partial charge < -0.3 is 55.6 Å². The summed E-state index contributed by atoms with van der Waals surface area (Å²) in [7, 11) is -2.15. The van der Waals surface area contributed by atoms with Gasteiger partial charge in [-0.3, -0.25) is 18.4 Å². The number of anilines is 4. The quantitative estimate of drug-likeness (QED) is 0.0241. The van der Waals surface area contributed by atoms with Gasteiger partial charge in [0.05, 0.1) is 6.61 Å². The lowest BCUT2D eigenvalue weighted by Gasteiger charge is -2.21. The van der Waals surface area contributed by atoms with E-state index in [9.17, 15) is 38.6 Å². The number of pyridine rings is 1. The van der Waals surface area contributed by atoms with Gasteiger partial charge in [0, 0.05) is 88.4 Å². The smallest absolute Gasteiger partial charge is 0.386 e. The Balaban J connectivity index is 1.01. The molecule has 0 aliphatic carbocycles. The van der Waals surface area contributed by atoms with E-state index in [2.05, 4.69) is 86.9 Å². The standard InChI is InChI=1S/C37H52N10O11P2/c1-44(2)25-13-11-23-18-24-12-14-26(45(3)4)20-28(24)46(27(23)19-25)17-9-10-30(48)39-15-7-5-6-8-16-40-37-43-31-34(38)41-22-42-35(31)47(37)36-32(49)33(58-60(53,54)55)29(57-36)21-56-59(50,51)52/h11-14,18-20,22,29,32-33,36,49H,5-10,15-17,21H2,1-4H3,(H7-,38,39,40,41,42,43,48,50,51,52,53,54,55)/p+1/t29-,32-,33-,36-/m1/s1. The van der Waals surface area contributed by atoms with Crippen LogP contribution in [0.4, 0.5) is 23.1 Å². The summed E-state index contributed by atoms with van der Waals surface area (Å²) in [5, 5.41) is 19.6. The Kier molecular flexibility index (Phi) is 14.3. The van der Waals surface area contributed by atoms with E-state index in [1.165, 1.54) is 4.57 Å². The van der Waals surface area contributed by atoms with E-state index >= 15 is 0 Å². The van der Waals surface area contributed by atoms with Crippen molar-refractivity contribution >= 4 is 77.7 Å². The number of nitrogen functional groups attached to an aromatic ring is 1. The highest BCUT2D eigenvalue weighted by atomic mass is 31.2. The zero-order valence-corrected chi connectivity index (χ0v) is 35.6. The predicted octanol–water partition coefficient (Wildman–Crippen LogP) is 2.55. The Morgan fingerprint density at radius 2 is 1.53 bits per heavy atom. The van der Waals surface area contributed by atoms with Crippen molar-refractivity contribution in [3.8, 4) is 0 Å². The van der Waals surface area contributed by atoms with E-state index in [4.69, 9.17) is 15.0 Å². The number of amides is 1. The van der Waals surface area contributed by atoms with Crippen LogP contribution in [0.15, 0.2) is 48.8 Å². The summed E-state index contributed by atoms with van der Waals surface area (Å²) < 4.78 is 41.8. The number of rotatable bonds is 20. The van der Waals surface area contributed by atoms with Crippen LogP contribution in [0.1, 0.15) is 44.8 Å². The minimum Gasteiger partial charge on any atom is -0.386 e. The number of ether oxygens (including phenoxy) is 1. The van der Waals surface area contributed by atoms with E-state index in [1.807, 2.05) is 28.2 Å². The molecule has 1 amide bonds. The molecule has 21 nitrogen and oxygen atoms in total. The van der Waals surface area contributed by atoms with Crippen LogP contribution in [0.25, 0.3) is 33.0 Å². The second-order valence-corrected chi connectivity index (χ2v) is 17.4. The molecule has 1 saturated heterocycles. The van der Waals surface area contributed by atoms with Crippen LogP contribution in [0.2, 0.25) is 0 Å². The molecule has 326 valence electrons. The number of fused-ring (bicyclic) bond motifs is 3. The molecule has 1 aliphatic heterocycles. The minimum atomic E-state index is -5.21. The first-order chi connectivity index (χ1) is 28.4. The molecule has 4 heterocycles. The normalized spacial score (nSPS) is 18.4. The number of phosphoric acid groups is 2. The van der Waals surface area contributed by atoms with Crippen LogP contribution in [-0.2, 0) is 34.3 Å². The maximum absolute atomic E-state index is 12.9. The molecule has 23 heteroatoms. The molecule has 0 unspecified atom stereocenters. The zero-order chi connectivity index (χ0) is 43.4. The fourth-order valence-corrected chi connectivity index (χ4v) is 8.12. The van der Waals surface area contributed by atoms with Crippen molar-refractivity contribution in [1.82, 2.24) is 24.8 Å². The summed E-state index contributed by atoms with van der Waals surface area (Å²) in [6, 6.07) is 15.1. The molecule has 0 radical (unpaired) electrons. The lowest BCUT2D eigenvalue weighted by atomic mass is 10.1. The number of carbonyl (C=O) groups excluding carboxylic acids is 1. The first kappa shape index (κ1) is 45.0. The number of nitrogens with zero attached hydrogens (tertiary/aromatic N) is 7. The van der Waals surface area contributed by atoms with E-state index in [0.717, 1.165) is 58.8 Å². The molecular formula is C37H53N10O11P2+. The van der Waals surface area contributed by atoms with E-state index in [-0.39, 0.29) is 28.8 Å². The molecule has 3 aromatic heterocycles. The molecule has 4 atom stereocenters. The predicted molar refractivity (Wildman–Crippen MR) is 224 cm³/mol. The van der Waals surface area contributed by atoms with Crippen molar-refractivity contribution in [2.75, 3.05) is 68.7 Å². The Bertz CT molecular complexity index is 2340. The molecule has 0 spiro atoms. The van der Waals surface area contributed by atoms with Crippen LogP contribution in [0, 0.1) is 0 Å². The number of nitrogens with one attached hydrogen (secondary N) is 2. The van der Waals surface area contributed by atoms with E-state index in [0.29, 0.717) is 38.9 Å². The minimum absolute atomic E-state index is 0.00803. The van der Waals surface area contributed by atoms with Gasteiger partial charge in [0.25, 0.3) is 0 Å². The van der Waals surface area contributed by atoms with Crippen molar-refractivity contribution in [3.63, 3.8) is 0 Å². The number of hydrogen-bond acceptors (Lipinski definition) is 14. The number of carbonyl (C=O) groups is 1.